The summed E-state index contributed by atoms with van der Waals surface area (Å²) in [6.07, 6.45) is 88.5. The molecule has 6 heteroatoms. The van der Waals surface area contributed by atoms with Crippen molar-refractivity contribution in [2.45, 2.75) is 329 Å². The Morgan fingerprint density at radius 1 is 0.269 bits per heavy atom. The van der Waals surface area contributed by atoms with Crippen LogP contribution in [-0.2, 0) is 28.6 Å². The molecule has 0 aliphatic carbocycles. The smallest absolute Gasteiger partial charge is 0.306 e. The highest BCUT2D eigenvalue weighted by molar-refractivity contribution is 5.71. The van der Waals surface area contributed by atoms with Crippen molar-refractivity contribution in [1.82, 2.24) is 0 Å². The van der Waals surface area contributed by atoms with Gasteiger partial charge in [0.05, 0.1) is 0 Å². The van der Waals surface area contributed by atoms with Gasteiger partial charge in [0, 0.05) is 19.3 Å². The largest absolute Gasteiger partial charge is 0.462 e. The fraction of sp³-hybridized carbons (Fsp3) is 0.736. The van der Waals surface area contributed by atoms with Crippen LogP contribution < -0.4 is 0 Å². The lowest BCUT2D eigenvalue weighted by atomic mass is 10.0. The summed E-state index contributed by atoms with van der Waals surface area (Å²) in [6.45, 7) is 6.49. The predicted octanol–water partition coefficient (Wildman–Crippen LogP) is 22.8. The molecule has 0 aromatic rings. The number of ether oxygens (including phenoxy) is 3. The van der Waals surface area contributed by atoms with Crippen molar-refractivity contribution in [2.24, 2.45) is 0 Å². The van der Waals surface area contributed by atoms with Gasteiger partial charge in [0.25, 0.3) is 0 Å². The van der Waals surface area contributed by atoms with Crippen LogP contribution in [0.25, 0.3) is 0 Å². The summed E-state index contributed by atoms with van der Waals surface area (Å²) in [4.78, 5) is 38.3. The first-order chi connectivity index (χ1) is 38.5. The number of rotatable bonds is 60. The van der Waals surface area contributed by atoms with Gasteiger partial charge in [-0.15, -0.1) is 0 Å². The minimum absolute atomic E-state index is 0.0857. The molecular formula is C72H124O6. The molecule has 0 amide bonds. The molecule has 0 bridgehead atoms. The van der Waals surface area contributed by atoms with Gasteiger partial charge >= 0.3 is 17.9 Å². The summed E-state index contributed by atoms with van der Waals surface area (Å²) in [6, 6.07) is 0. The maximum atomic E-state index is 12.9. The topological polar surface area (TPSA) is 78.9 Å². The molecule has 78 heavy (non-hydrogen) atoms. The van der Waals surface area contributed by atoms with Gasteiger partial charge in [-0.25, -0.2) is 0 Å². The molecule has 0 saturated heterocycles. The third-order valence-electron chi connectivity index (χ3n) is 14.3. The zero-order chi connectivity index (χ0) is 56.4. The maximum absolute atomic E-state index is 12.9. The molecule has 0 aromatic carbocycles. The van der Waals surface area contributed by atoms with Crippen LogP contribution in [0.5, 0.6) is 0 Å². The van der Waals surface area contributed by atoms with Crippen LogP contribution in [0.4, 0.5) is 0 Å². The molecule has 0 N–H and O–H groups in total. The Bertz CT molecular complexity index is 1530. The highest BCUT2D eigenvalue weighted by atomic mass is 16.6. The molecule has 0 spiro atoms. The molecule has 448 valence electrons. The van der Waals surface area contributed by atoms with Crippen LogP contribution in [0, 0.1) is 0 Å². The van der Waals surface area contributed by atoms with E-state index in [4.69, 9.17) is 14.2 Å². The zero-order valence-corrected chi connectivity index (χ0v) is 51.4. The third-order valence-corrected chi connectivity index (χ3v) is 14.3. The normalized spacial score (nSPS) is 12.7. The second-order valence-electron chi connectivity index (χ2n) is 22.0. The Kier molecular flexibility index (Phi) is 62.7. The number of hydrogen-bond acceptors (Lipinski definition) is 6. The second kappa shape index (κ2) is 65.8. The van der Waals surface area contributed by atoms with Gasteiger partial charge < -0.3 is 14.2 Å². The molecule has 0 saturated carbocycles. The number of unbranched alkanes of at least 4 members (excludes halogenated alkanes) is 33. The Morgan fingerprint density at radius 3 is 0.808 bits per heavy atom. The van der Waals surface area contributed by atoms with E-state index >= 15 is 0 Å². The van der Waals surface area contributed by atoms with Crippen molar-refractivity contribution in [1.29, 1.82) is 0 Å². The summed E-state index contributed by atoms with van der Waals surface area (Å²) in [5.74, 6) is -0.902. The summed E-state index contributed by atoms with van der Waals surface area (Å²) < 4.78 is 16.9. The monoisotopic (exact) mass is 1080 g/mol. The number of carbonyl (C=O) groups excluding carboxylic acids is 3. The van der Waals surface area contributed by atoms with Gasteiger partial charge in [-0.1, -0.05) is 279 Å². The fourth-order valence-electron chi connectivity index (χ4n) is 9.32. The molecule has 0 aliphatic heterocycles. The first-order valence-corrected chi connectivity index (χ1v) is 33.2. The highest BCUT2D eigenvalue weighted by Crippen LogP contribution is 2.16. The van der Waals surface area contributed by atoms with E-state index in [0.29, 0.717) is 19.3 Å². The van der Waals surface area contributed by atoms with Gasteiger partial charge in [0.1, 0.15) is 13.2 Å². The van der Waals surface area contributed by atoms with E-state index in [2.05, 4.69) is 118 Å². The Labute approximate surface area is 483 Å². The molecular weight excluding hydrogens is 961 g/mol. The first kappa shape index (κ1) is 74.3. The Hall–Kier alpha value is -3.67. The molecule has 0 fully saturated rings. The van der Waals surface area contributed by atoms with E-state index in [1.165, 1.54) is 154 Å². The van der Waals surface area contributed by atoms with Crippen molar-refractivity contribution in [2.75, 3.05) is 13.2 Å². The van der Waals surface area contributed by atoms with Gasteiger partial charge in [0.15, 0.2) is 6.10 Å². The van der Waals surface area contributed by atoms with E-state index in [1.54, 1.807) is 0 Å². The summed E-state index contributed by atoms with van der Waals surface area (Å²) in [7, 11) is 0. The van der Waals surface area contributed by atoms with Crippen molar-refractivity contribution in [3.05, 3.63) is 97.2 Å². The molecule has 1 atom stereocenters. The van der Waals surface area contributed by atoms with Crippen LogP contribution in [0.3, 0.4) is 0 Å². The lowest BCUT2D eigenvalue weighted by Gasteiger charge is -2.18. The van der Waals surface area contributed by atoms with Crippen LogP contribution in [-0.4, -0.2) is 37.2 Å². The number of esters is 3. The van der Waals surface area contributed by atoms with Crippen LogP contribution in [0.1, 0.15) is 323 Å². The summed E-state index contributed by atoms with van der Waals surface area (Å²) in [5.41, 5.74) is 0. The van der Waals surface area contributed by atoms with Crippen molar-refractivity contribution >= 4 is 17.9 Å². The number of hydrogen-bond donors (Lipinski definition) is 0. The van der Waals surface area contributed by atoms with Crippen LogP contribution >= 0.6 is 0 Å². The van der Waals surface area contributed by atoms with E-state index in [9.17, 15) is 14.4 Å². The number of carbonyl (C=O) groups is 3. The minimum Gasteiger partial charge on any atom is -0.462 e. The molecule has 0 heterocycles. The van der Waals surface area contributed by atoms with Crippen molar-refractivity contribution in [3.63, 3.8) is 0 Å². The van der Waals surface area contributed by atoms with E-state index < -0.39 is 6.10 Å². The lowest BCUT2D eigenvalue weighted by molar-refractivity contribution is -0.167. The molecule has 0 aromatic heterocycles. The highest BCUT2D eigenvalue weighted by Gasteiger charge is 2.19. The van der Waals surface area contributed by atoms with Gasteiger partial charge in [-0.3, -0.25) is 14.4 Å². The molecule has 1 unspecified atom stereocenters. The Balaban J connectivity index is 4.27. The second-order valence-corrected chi connectivity index (χ2v) is 22.0. The van der Waals surface area contributed by atoms with E-state index in [0.717, 1.165) is 128 Å². The van der Waals surface area contributed by atoms with Crippen LogP contribution in [0.2, 0.25) is 0 Å². The molecule has 0 rings (SSSR count). The Morgan fingerprint density at radius 2 is 0.500 bits per heavy atom. The summed E-state index contributed by atoms with van der Waals surface area (Å²) in [5, 5.41) is 0. The average molecular weight is 1090 g/mol. The predicted molar refractivity (Wildman–Crippen MR) is 339 cm³/mol. The van der Waals surface area contributed by atoms with Gasteiger partial charge in [-0.05, 0) is 122 Å². The van der Waals surface area contributed by atoms with Crippen LogP contribution in [0.15, 0.2) is 97.2 Å². The molecule has 6 nitrogen and oxygen atoms in total. The first-order valence-electron chi connectivity index (χ1n) is 33.2. The molecule has 0 aliphatic rings. The fourth-order valence-corrected chi connectivity index (χ4v) is 9.32. The average Bonchev–Trinajstić information content (AvgIpc) is 3.44. The van der Waals surface area contributed by atoms with E-state index in [1.807, 2.05) is 0 Å². The standard InChI is InChI=1S/C72H124O6/c1-4-7-10-13-16-19-22-25-28-30-31-32-33-34-35-36-37-38-39-40-41-42-45-47-50-53-56-59-62-65-71(74)77-68-69(67-76-70(73)64-61-58-55-52-49-46-43-27-24-21-18-15-12-9-6-3)78-72(75)66-63-60-57-54-51-48-44-29-26-23-20-17-14-11-8-5-2/h7,10,16,18-21,23,25,27-29,31-32,43-44,69H,4-6,8-9,11-15,17,22,24,26,30,33-42,45-68H2,1-3H3/b10-7-,19-16-,21-18-,23-20-,28-25-,32-31-,43-27-,44-29-. The van der Waals surface area contributed by atoms with Crippen molar-refractivity contribution < 1.29 is 28.6 Å². The maximum Gasteiger partial charge on any atom is 0.306 e. The quantitative estimate of drug-likeness (QED) is 0.0261. The van der Waals surface area contributed by atoms with E-state index in [-0.39, 0.29) is 31.1 Å². The number of allylic oxidation sites excluding steroid dienone is 16. The minimum atomic E-state index is -0.791. The lowest BCUT2D eigenvalue weighted by Crippen LogP contribution is -2.30. The molecule has 0 radical (unpaired) electrons. The van der Waals surface area contributed by atoms with Gasteiger partial charge in [-0.2, -0.15) is 0 Å². The van der Waals surface area contributed by atoms with Gasteiger partial charge in [0.2, 0.25) is 0 Å². The summed E-state index contributed by atoms with van der Waals surface area (Å²) >= 11 is 0. The zero-order valence-electron chi connectivity index (χ0n) is 51.4. The third kappa shape index (κ3) is 63.2. The van der Waals surface area contributed by atoms with Crippen molar-refractivity contribution in [3.8, 4) is 0 Å². The SMILES string of the molecule is CC/C=C\C/C=C\C/C=C\C/C=C\CCCCCCCCCCCCCCCCCCC(=O)OCC(COC(=O)CCCCCCC/C=C\C/C=C\CCCCC)OC(=O)CCCCCCC/C=C\C/C=C\CCCCCC.